The van der Waals surface area contributed by atoms with E-state index in [1.807, 2.05) is 32.9 Å². The Bertz CT molecular complexity index is 1080. The Morgan fingerprint density at radius 2 is 1.92 bits per heavy atom. The van der Waals surface area contributed by atoms with E-state index < -0.39 is 24.0 Å². The second-order valence-corrected chi connectivity index (χ2v) is 10.6. The molecule has 1 aliphatic heterocycles. The number of nitrogens with zero attached hydrogens (tertiary/aromatic N) is 3. The van der Waals surface area contributed by atoms with Crippen LogP contribution in [0.1, 0.15) is 26.5 Å². The van der Waals surface area contributed by atoms with Crippen LogP contribution in [0.25, 0.3) is 10.6 Å². The number of aromatic nitrogens is 1. The fourth-order valence-electron chi connectivity index (χ4n) is 3.45. The molecule has 0 bridgehead atoms. The van der Waals surface area contributed by atoms with Crippen LogP contribution in [0.3, 0.4) is 0 Å². The van der Waals surface area contributed by atoms with E-state index >= 15 is 0 Å². The summed E-state index contributed by atoms with van der Waals surface area (Å²) in [4.78, 5) is 43.0. The van der Waals surface area contributed by atoms with Crippen LogP contribution in [0.5, 0.6) is 5.75 Å². The number of rotatable bonds is 9. The minimum atomic E-state index is -1.10. The number of amides is 2. The summed E-state index contributed by atoms with van der Waals surface area (Å²) in [5, 5.41) is 13.8. The van der Waals surface area contributed by atoms with Gasteiger partial charge >= 0.3 is 12.1 Å². The third kappa shape index (κ3) is 8.65. The van der Waals surface area contributed by atoms with Gasteiger partial charge in [0.1, 0.15) is 29.5 Å². The zero-order valence-electron chi connectivity index (χ0n) is 20.6. The Labute approximate surface area is 219 Å². The van der Waals surface area contributed by atoms with Crippen molar-refractivity contribution in [3.05, 3.63) is 34.3 Å². The van der Waals surface area contributed by atoms with E-state index in [2.05, 4.69) is 15.2 Å². The van der Waals surface area contributed by atoms with E-state index in [1.165, 1.54) is 11.3 Å². The monoisotopic (exact) mass is 538 g/mol. The van der Waals surface area contributed by atoms with Gasteiger partial charge in [-0.15, -0.1) is 11.3 Å². The van der Waals surface area contributed by atoms with Gasteiger partial charge in [0.2, 0.25) is 5.91 Å². The third-order valence-corrected chi connectivity index (χ3v) is 6.44. The largest absolute Gasteiger partial charge is 0.492 e. The van der Waals surface area contributed by atoms with Gasteiger partial charge in [-0.25, -0.2) is 9.78 Å². The molecule has 1 aromatic heterocycles. The Balaban J connectivity index is 1.44. The van der Waals surface area contributed by atoms with Crippen molar-refractivity contribution >= 4 is 40.9 Å². The van der Waals surface area contributed by atoms with Gasteiger partial charge in [0, 0.05) is 43.7 Å². The first kappa shape index (κ1) is 27.7. The zero-order chi connectivity index (χ0) is 26.3. The van der Waals surface area contributed by atoms with E-state index in [1.54, 1.807) is 16.3 Å². The van der Waals surface area contributed by atoms with Crippen LogP contribution >= 0.6 is 22.9 Å². The lowest BCUT2D eigenvalue weighted by atomic mass is 10.2. The molecule has 0 unspecified atom stereocenters. The van der Waals surface area contributed by atoms with Crippen molar-refractivity contribution in [3.8, 4) is 16.3 Å². The van der Waals surface area contributed by atoms with Gasteiger partial charge < -0.3 is 24.8 Å². The summed E-state index contributed by atoms with van der Waals surface area (Å²) < 4.78 is 11.3. The predicted molar refractivity (Wildman–Crippen MR) is 137 cm³/mol. The molecule has 2 N–H and O–H groups in total. The lowest BCUT2D eigenvalue weighted by Crippen LogP contribution is -2.50. The Morgan fingerprint density at radius 1 is 1.19 bits per heavy atom. The minimum Gasteiger partial charge on any atom is -0.492 e. The van der Waals surface area contributed by atoms with E-state index in [0.717, 1.165) is 25.2 Å². The fraction of sp³-hybridized carbons (Fsp3) is 0.500. The van der Waals surface area contributed by atoms with E-state index in [-0.39, 0.29) is 12.5 Å². The van der Waals surface area contributed by atoms with Crippen molar-refractivity contribution in [2.45, 2.75) is 32.8 Å². The molecule has 196 valence electrons. The summed E-state index contributed by atoms with van der Waals surface area (Å²) in [6, 6.07) is 5.38. The molecule has 3 rings (SSSR count). The van der Waals surface area contributed by atoms with Crippen LogP contribution < -0.4 is 10.1 Å². The number of thiazole rings is 1. The Kier molecular flexibility index (Phi) is 9.52. The number of piperazine rings is 1. The number of carboxylic acid groups (broad SMARTS) is 1. The Hall–Kier alpha value is -2.89. The number of hydrogen-bond donors (Lipinski definition) is 2. The fourth-order valence-corrected chi connectivity index (χ4v) is 4.62. The van der Waals surface area contributed by atoms with Gasteiger partial charge in [-0.2, -0.15) is 0 Å². The van der Waals surface area contributed by atoms with Gasteiger partial charge in [-0.3, -0.25) is 14.5 Å². The van der Waals surface area contributed by atoms with E-state index in [9.17, 15) is 14.4 Å². The normalized spacial score (nSPS) is 14.4. The number of carbonyl (C=O) groups excluding carboxylic acids is 2. The summed E-state index contributed by atoms with van der Waals surface area (Å²) in [5.41, 5.74) is 0.770. The summed E-state index contributed by atoms with van der Waals surface area (Å²) in [7, 11) is 0. The number of aliphatic carboxylic acids is 1. The lowest BCUT2D eigenvalue weighted by molar-refractivity contribution is -0.137. The van der Waals surface area contributed by atoms with Crippen molar-refractivity contribution in [1.29, 1.82) is 0 Å². The van der Waals surface area contributed by atoms with Gasteiger partial charge in [-0.1, -0.05) is 11.6 Å². The molecule has 2 amide bonds. The van der Waals surface area contributed by atoms with E-state index in [0.29, 0.717) is 41.2 Å². The molecular weight excluding hydrogens is 508 g/mol. The molecule has 1 aliphatic rings. The standard InChI is InChI=1S/C24H31ClN4O6S/c1-24(2,3)35-23(33)29-8-6-28(7-9-29)10-11-34-17-4-5-18(19(25)13-17)22-27-16(15-36-22)12-20(30)26-14-21(31)32/h4-5,13,15H,6-12,14H2,1-3H3,(H,26,30)(H,31,32). The second kappa shape index (κ2) is 12.4. The first-order chi connectivity index (χ1) is 17.0. The molecule has 10 nitrogen and oxygen atoms in total. The van der Waals surface area contributed by atoms with Gasteiger partial charge in [0.25, 0.3) is 0 Å². The number of hydrogen-bond acceptors (Lipinski definition) is 8. The average Bonchev–Trinajstić information content (AvgIpc) is 3.25. The maximum Gasteiger partial charge on any atom is 0.410 e. The summed E-state index contributed by atoms with van der Waals surface area (Å²) in [6.07, 6.45) is -0.281. The molecule has 2 aromatic rings. The van der Waals surface area contributed by atoms with Gasteiger partial charge in [0.05, 0.1) is 17.1 Å². The molecule has 0 atom stereocenters. The predicted octanol–water partition coefficient (Wildman–Crippen LogP) is 3.14. The maximum absolute atomic E-state index is 12.2. The molecule has 2 heterocycles. The van der Waals surface area contributed by atoms with Crippen molar-refractivity contribution in [2.75, 3.05) is 45.9 Å². The highest BCUT2D eigenvalue weighted by Crippen LogP contribution is 2.33. The first-order valence-electron chi connectivity index (χ1n) is 11.6. The summed E-state index contributed by atoms with van der Waals surface area (Å²) in [6.45, 7) is 9.10. The van der Waals surface area contributed by atoms with Crippen molar-refractivity contribution in [1.82, 2.24) is 20.1 Å². The molecule has 12 heteroatoms. The van der Waals surface area contributed by atoms with Crippen LogP contribution in [0.2, 0.25) is 5.02 Å². The van der Waals surface area contributed by atoms with Crippen LogP contribution in [-0.4, -0.2) is 89.3 Å². The number of carbonyl (C=O) groups is 3. The van der Waals surface area contributed by atoms with Crippen molar-refractivity contribution < 1.29 is 29.0 Å². The zero-order valence-corrected chi connectivity index (χ0v) is 22.2. The molecule has 1 saturated heterocycles. The number of carboxylic acids is 1. The van der Waals surface area contributed by atoms with Gasteiger partial charge in [-0.05, 0) is 39.0 Å². The first-order valence-corrected chi connectivity index (χ1v) is 12.8. The quantitative estimate of drug-likeness (QED) is 0.499. The summed E-state index contributed by atoms with van der Waals surface area (Å²) in [5.74, 6) is -0.867. The molecule has 1 fully saturated rings. The smallest absolute Gasteiger partial charge is 0.410 e. The van der Waals surface area contributed by atoms with E-state index in [4.69, 9.17) is 26.2 Å². The molecule has 0 radical (unpaired) electrons. The Morgan fingerprint density at radius 3 is 2.56 bits per heavy atom. The number of benzene rings is 1. The van der Waals surface area contributed by atoms with Gasteiger partial charge in [0.15, 0.2) is 0 Å². The lowest BCUT2D eigenvalue weighted by Gasteiger charge is -2.35. The highest BCUT2D eigenvalue weighted by atomic mass is 35.5. The average molecular weight is 539 g/mol. The van der Waals surface area contributed by atoms with Crippen molar-refractivity contribution in [2.24, 2.45) is 0 Å². The van der Waals surface area contributed by atoms with Crippen LogP contribution in [0, 0.1) is 0 Å². The highest BCUT2D eigenvalue weighted by molar-refractivity contribution is 7.13. The second-order valence-electron chi connectivity index (χ2n) is 9.29. The summed E-state index contributed by atoms with van der Waals surface area (Å²) >= 11 is 7.82. The minimum absolute atomic E-state index is 0.00533. The maximum atomic E-state index is 12.2. The number of halogens is 1. The topological polar surface area (TPSA) is 121 Å². The molecule has 1 aromatic carbocycles. The highest BCUT2D eigenvalue weighted by Gasteiger charge is 2.25. The molecule has 0 saturated carbocycles. The number of nitrogens with one attached hydrogen (secondary N) is 1. The van der Waals surface area contributed by atoms with Crippen LogP contribution in [0.4, 0.5) is 4.79 Å². The molecule has 36 heavy (non-hydrogen) atoms. The molecule has 0 spiro atoms. The van der Waals surface area contributed by atoms with Crippen molar-refractivity contribution in [3.63, 3.8) is 0 Å². The SMILES string of the molecule is CC(C)(C)OC(=O)N1CCN(CCOc2ccc(-c3nc(CC(=O)NCC(=O)O)cs3)c(Cl)c2)CC1. The van der Waals surface area contributed by atoms with Crippen LogP contribution in [0.15, 0.2) is 23.6 Å². The van der Waals surface area contributed by atoms with Crippen LogP contribution in [-0.2, 0) is 20.7 Å². The molecular formula is C24H31ClN4O6S. The number of ether oxygens (including phenoxy) is 2. The molecule has 0 aliphatic carbocycles. The third-order valence-electron chi connectivity index (χ3n) is 5.20.